The zero-order valence-corrected chi connectivity index (χ0v) is 11.1. The smallest absolute Gasteiger partial charge is 0.0925 e. The summed E-state index contributed by atoms with van der Waals surface area (Å²) in [4.78, 5) is 5.69. The molecule has 0 aromatic carbocycles. The lowest BCUT2D eigenvalue weighted by molar-refractivity contribution is 0.0882. The molecule has 0 bridgehead atoms. The van der Waals surface area contributed by atoms with Crippen LogP contribution >= 0.6 is 11.3 Å². The minimum atomic E-state index is 0.121. The van der Waals surface area contributed by atoms with Crippen molar-refractivity contribution in [2.75, 3.05) is 6.61 Å². The van der Waals surface area contributed by atoms with E-state index in [0.29, 0.717) is 6.10 Å². The maximum Gasteiger partial charge on any atom is 0.0925 e. The van der Waals surface area contributed by atoms with E-state index in [2.05, 4.69) is 31.1 Å². The summed E-state index contributed by atoms with van der Waals surface area (Å²) in [7, 11) is 0. The van der Waals surface area contributed by atoms with Gasteiger partial charge >= 0.3 is 0 Å². The Morgan fingerprint density at radius 2 is 2.50 bits per heavy atom. The second kappa shape index (κ2) is 4.82. The summed E-state index contributed by atoms with van der Waals surface area (Å²) in [5.74, 6) is 0. The van der Waals surface area contributed by atoms with E-state index in [1.165, 1.54) is 9.88 Å². The first-order valence-corrected chi connectivity index (χ1v) is 6.76. The quantitative estimate of drug-likeness (QED) is 0.877. The molecule has 1 aromatic heterocycles. The number of aromatic nitrogens is 1. The molecule has 0 saturated carbocycles. The Morgan fingerprint density at radius 3 is 3.06 bits per heavy atom. The minimum absolute atomic E-state index is 0.121. The van der Waals surface area contributed by atoms with E-state index < -0.39 is 0 Å². The Bertz CT molecular complexity index is 353. The SMILES string of the molecule is CCc1ncc(CNC2(C)CCOC2C)s1. The van der Waals surface area contributed by atoms with Crippen molar-refractivity contribution < 1.29 is 4.74 Å². The third kappa shape index (κ3) is 2.44. The molecular formula is C12H20N2OS. The van der Waals surface area contributed by atoms with Gasteiger partial charge in [-0.1, -0.05) is 6.92 Å². The van der Waals surface area contributed by atoms with E-state index in [0.717, 1.165) is 26.0 Å². The molecule has 0 amide bonds. The number of rotatable bonds is 4. The molecule has 1 saturated heterocycles. The summed E-state index contributed by atoms with van der Waals surface area (Å²) in [5.41, 5.74) is 0.121. The van der Waals surface area contributed by atoms with Gasteiger partial charge in [0.15, 0.2) is 0 Å². The first-order valence-electron chi connectivity index (χ1n) is 5.94. The molecule has 1 aromatic rings. The fourth-order valence-electron chi connectivity index (χ4n) is 1.95. The van der Waals surface area contributed by atoms with E-state index in [4.69, 9.17) is 4.74 Å². The Hall–Kier alpha value is -0.450. The van der Waals surface area contributed by atoms with Gasteiger partial charge in [0, 0.05) is 29.8 Å². The Balaban J connectivity index is 1.91. The highest BCUT2D eigenvalue weighted by atomic mass is 32.1. The molecule has 16 heavy (non-hydrogen) atoms. The zero-order valence-electron chi connectivity index (χ0n) is 10.2. The largest absolute Gasteiger partial charge is 0.377 e. The van der Waals surface area contributed by atoms with Crippen LogP contribution in [0.2, 0.25) is 0 Å². The molecule has 2 rings (SSSR count). The molecule has 1 aliphatic rings. The molecule has 2 atom stereocenters. The molecule has 4 heteroatoms. The lowest BCUT2D eigenvalue weighted by Gasteiger charge is -2.28. The van der Waals surface area contributed by atoms with Crippen LogP contribution < -0.4 is 5.32 Å². The fraction of sp³-hybridized carbons (Fsp3) is 0.750. The molecule has 0 radical (unpaired) electrons. The van der Waals surface area contributed by atoms with Crippen molar-refractivity contribution in [2.24, 2.45) is 0 Å². The minimum Gasteiger partial charge on any atom is -0.377 e. The predicted molar refractivity (Wildman–Crippen MR) is 66.8 cm³/mol. The average molecular weight is 240 g/mol. The van der Waals surface area contributed by atoms with E-state index in [1.54, 1.807) is 11.3 Å². The summed E-state index contributed by atoms with van der Waals surface area (Å²) in [6, 6.07) is 0. The van der Waals surface area contributed by atoms with Crippen molar-refractivity contribution in [1.29, 1.82) is 0 Å². The van der Waals surface area contributed by atoms with Crippen LogP contribution in [0, 0.1) is 0 Å². The van der Waals surface area contributed by atoms with Crippen LogP contribution in [0.15, 0.2) is 6.20 Å². The molecule has 1 fully saturated rings. The monoisotopic (exact) mass is 240 g/mol. The molecule has 2 heterocycles. The van der Waals surface area contributed by atoms with Gasteiger partial charge in [0.2, 0.25) is 0 Å². The first-order chi connectivity index (χ1) is 7.64. The molecule has 1 aliphatic heterocycles. The highest BCUT2D eigenvalue weighted by Crippen LogP contribution is 2.26. The first kappa shape index (κ1) is 12.0. The molecular weight excluding hydrogens is 220 g/mol. The molecule has 2 unspecified atom stereocenters. The topological polar surface area (TPSA) is 34.2 Å². The maximum absolute atomic E-state index is 5.61. The van der Waals surface area contributed by atoms with Gasteiger partial charge in [0.25, 0.3) is 0 Å². The fourth-order valence-corrected chi connectivity index (χ4v) is 2.75. The summed E-state index contributed by atoms with van der Waals surface area (Å²) in [5, 5.41) is 4.83. The third-order valence-corrected chi connectivity index (χ3v) is 4.60. The molecule has 3 nitrogen and oxygen atoms in total. The van der Waals surface area contributed by atoms with E-state index >= 15 is 0 Å². The second-order valence-electron chi connectivity index (χ2n) is 4.61. The van der Waals surface area contributed by atoms with Gasteiger partial charge in [-0.3, -0.25) is 0 Å². The Labute approximate surface area is 101 Å². The predicted octanol–water partition coefficient (Wildman–Crippen LogP) is 2.36. The molecule has 90 valence electrons. The number of hydrogen-bond acceptors (Lipinski definition) is 4. The van der Waals surface area contributed by atoms with E-state index in [9.17, 15) is 0 Å². The van der Waals surface area contributed by atoms with E-state index in [1.807, 2.05) is 6.20 Å². The van der Waals surface area contributed by atoms with Gasteiger partial charge in [0.05, 0.1) is 11.1 Å². The summed E-state index contributed by atoms with van der Waals surface area (Å²) >= 11 is 1.80. The highest BCUT2D eigenvalue weighted by molar-refractivity contribution is 7.11. The van der Waals surface area contributed by atoms with Crippen LogP contribution in [0.4, 0.5) is 0 Å². The third-order valence-electron chi connectivity index (χ3n) is 3.46. The van der Waals surface area contributed by atoms with Crippen molar-refractivity contribution in [1.82, 2.24) is 10.3 Å². The molecule has 1 N–H and O–H groups in total. The lowest BCUT2D eigenvalue weighted by atomic mass is 9.95. The number of ether oxygens (including phenoxy) is 1. The number of nitrogens with zero attached hydrogens (tertiary/aromatic N) is 1. The van der Waals surface area contributed by atoms with Crippen LogP contribution in [0.1, 0.15) is 37.1 Å². The number of thiazole rings is 1. The van der Waals surface area contributed by atoms with E-state index in [-0.39, 0.29) is 5.54 Å². The van der Waals surface area contributed by atoms with Crippen molar-refractivity contribution in [3.05, 3.63) is 16.1 Å². The van der Waals surface area contributed by atoms with Crippen LogP contribution in [0.25, 0.3) is 0 Å². The van der Waals surface area contributed by atoms with Gasteiger partial charge in [-0.25, -0.2) is 4.98 Å². The Morgan fingerprint density at radius 1 is 1.69 bits per heavy atom. The van der Waals surface area contributed by atoms with Gasteiger partial charge in [-0.2, -0.15) is 0 Å². The molecule has 0 aliphatic carbocycles. The van der Waals surface area contributed by atoms with Crippen LogP contribution in [-0.4, -0.2) is 23.2 Å². The van der Waals surface area contributed by atoms with Crippen LogP contribution in [-0.2, 0) is 17.7 Å². The van der Waals surface area contributed by atoms with Gasteiger partial charge in [-0.15, -0.1) is 11.3 Å². The second-order valence-corrected chi connectivity index (χ2v) is 5.81. The molecule has 0 spiro atoms. The maximum atomic E-state index is 5.61. The summed E-state index contributed by atoms with van der Waals surface area (Å²) in [6.07, 6.45) is 4.40. The standard InChI is InChI=1S/C12H20N2OS/c1-4-11-13-7-10(16-11)8-14-12(3)5-6-15-9(12)2/h7,9,14H,4-6,8H2,1-3H3. The van der Waals surface area contributed by atoms with Crippen molar-refractivity contribution >= 4 is 11.3 Å². The van der Waals surface area contributed by atoms with Gasteiger partial charge in [-0.05, 0) is 26.7 Å². The zero-order chi connectivity index (χ0) is 11.6. The van der Waals surface area contributed by atoms with Gasteiger partial charge in [0.1, 0.15) is 0 Å². The highest BCUT2D eigenvalue weighted by Gasteiger charge is 2.36. The summed E-state index contributed by atoms with van der Waals surface area (Å²) < 4.78 is 5.61. The summed E-state index contributed by atoms with van der Waals surface area (Å²) in [6.45, 7) is 8.30. The number of nitrogens with one attached hydrogen (secondary N) is 1. The number of aryl methyl sites for hydroxylation is 1. The number of hydrogen-bond donors (Lipinski definition) is 1. The van der Waals surface area contributed by atoms with Crippen LogP contribution in [0.3, 0.4) is 0 Å². The normalized spacial score (nSPS) is 29.8. The van der Waals surface area contributed by atoms with Gasteiger partial charge < -0.3 is 10.1 Å². The van der Waals surface area contributed by atoms with Crippen molar-refractivity contribution in [3.8, 4) is 0 Å². The van der Waals surface area contributed by atoms with Crippen LogP contribution in [0.5, 0.6) is 0 Å². The van der Waals surface area contributed by atoms with Crippen molar-refractivity contribution in [3.63, 3.8) is 0 Å². The average Bonchev–Trinajstić information content (AvgIpc) is 2.85. The Kier molecular flexibility index (Phi) is 3.62. The lowest BCUT2D eigenvalue weighted by Crippen LogP contribution is -2.47. The van der Waals surface area contributed by atoms with Crippen molar-refractivity contribution in [2.45, 2.75) is 51.8 Å².